The minimum absolute atomic E-state index is 0.132. The number of hydrogen-bond acceptors (Lipinski definition) is 6. The van der Waals surface area contributed by atoms with Crippen LogP contribution in [-0.4, -0.2) is 34.4 Å². The number of methoxy groups -OCH3 is 1. The van der Waals surface area contributed by atoms with Gasteiger partial charge in [0, 0.05) is 18.2 Å². The van der Waals surface area contributed by atoms with Crippen molar-refractivity contribution in [2.24, 2.45) is 10.2 Å². The van der Waals surface area contributed by atoms with Gasteiger partial charge in [-0.25, -0.2) is 0 Å². The van der Waals surface area contributed by atoms with Crippen LogP contribution in [0.5, 0.6) is 5.75 Å². The number of ketones is 1. The molecule has 1 aliphatic heterocycles. The first-order valence-corrected chi connectivity index (χ1v) is 12.0. The van der Waals surface area contributed by atoms with Crippen LogP contribution in [0.1, 0.15) is 18.9 Å². The lowest BCUT2D eigenvalue weighted by molar-refractivity contribution is -0.114. The first-order valence-electron chi connectivity index (χ1n) is 11.0. The number of aromatic nitrogens is 1. The molecule has 0 unspecified atom stereocenters. The van der Waals surface area contributed by atoms with Gasteiger partial charge in [-0.1, -0.05) is 36.4 Å². The zero-order chi connectivity index (χ0) is 23.5. The summed E-state index contributed by atoms with van der Waals surface area (Å²) in [6.07, 6.45) is 4.16. The van der Waals surface area contributed by atoms with E-state index in [1.807, 2.05) is 12.3 Å². The predicted molar refractivity (Wildman–Crippen MR) is 141 cm³/mol. The highest BCUT2D eigenvalue weighted by Crippen LogP contribution is 2.32. The average molecular weight is 466 g/mol. The summed E-state index contributed by atoms with van der Waals surface area (Å²) >= 11 is 1.46. The first kappa shape index (κ1) is 22.0. The molecule has 5 rings (SSSR count). The lowest BCUT2D eigenvalue weighted by atomic mass is 9.93. The van der Waals surface area contributed by atoms with Gasteiger partial charge in [0.05, 0.1) is 24.8 Å². The van der Waals surface area contributed by atoms with E-state index in [9.17, 15) is 4.79 Å². The fraction of sp³-hybridized carbons (Fsp3) is 0.143. The fourth-order valence-corrected chi connectivity index (χ4v) is 4.65. The van der Waals surface area contributed by atoms with Gasteiger partial charge in [-0.05, 0) is 70.3 Å². The van der Waals surface area contributed by atoms with Crippen LogP contribution in [0.25, 0.3) is 33.0 Å². The van der Waals surface area contributed by atoms with Crippen molar-refractivity contribution in [3.63, 3.8) is 0 Å². The predicted octanol–water partition coefficient (Wildman–Crippen LogP) is 6.41. The Morgan fingerprint density at radius 1 is 0.853 bits per heavy atom. The number of thioether (sulfide) groups is 1. The van der Waals surface area contributed by atoms with E-state index in [-0.39, 0.29) is 5.78 Å². The average Bonchev–Trinajstić information content (AvgIpc) is 3.36. The molecule has 0 saturated heterocycles. The zero-order valence-corrected chi connectivity index (χ0v) is 19.8. The second kappa shape index (κ2) is 9.61. The van der Waals surface area contributed by atoms with Gasteiger partial charge in [-0.2, -0.15) is 5.10 Å². The summed E-state index contributed by atoms with van der Waals surface area (Å²) in [6, 6.07) is 23.3. The zero-order valence-electron chi connectivity index (χ0n) is 19.0. The topological polar surface area (TPSA) is 63.9 Å². The molecule has 0 bridgehead atoms. The van der Waals surface area contributed by atoms with Gasteiger partial charge < -0.3 is 4.74 Å². The molecule has 1 aliphatic rings. The number of carbonyl (C=O) groups excluding carboxylic acids is 1. The second-order valence-corrected chi connectivity index (χ2v) is 9.23. The van der Waals surface area contributed by atoms with Crippen molar-refractivity contribution in [2.45, 2.75) is 13.3 Å². The van der Waals surface area contributed by atoms with Gasteiger partial charge >= 0.3 is 0 Å². The number of ether oxygens (including phenoxy) is 1. The summed E-state index contributed by atoms with van der Waals surface area (Å²) in [6.45, 7) is 1.59. The molecule has 0 amide bonds. The third-order valence-corrected chi connectivity index (χ3v) is 6.78. The molecule has 1 aromatic heterocycles. The first-order chi connectivity index (χ1) is 16.6. The highest BCUT2D eigenvalue weighted by Gasteiger charge is 2.18. The Labute approximate surface area is 202 Å². The number of benzene rings is 3. The van der Waals surface area contributed by atoms with Gasteiger partial charge in [0.1, 0.15) is 16.6 Å². The van der Waals surface area contributed by atoms with Gasteiger partial charge in [-0.3, -0.25) is 9.78 Å². The van der Waals surface area contributed by atoms with Crippen LogP contribution in [-0.2, 0) is 4.79 Å². The van der Waals surface area contributed by atoms with Crippen LogP contribution in [0.15, 0.2) is 89.3 Å². The molecule has 2 heterocycles. The SMILES string of the molecule is COc1cncc(-c2cc(C3=NN=C(SCC(C)=O)C3)cc(-c3ccc4ccccc4c3)c2)c1. The molecule has 4 aromatic rings. The lowest BCUT2D eigenvalue weighted by Gasteiger charge is -2.12. The summed E-state index contributed by atoms with van der Waals surface area (Å²) in [5.74, 6) is 1.26. The molecule has 5 nitrogen and oxygen atoms in total. The molecule has 0 spiro atoms. The monoisotopic (exact) mass is 465 g/mol. The van der Waals surface area contributed by atoms with Crippen molar-refractivity contribution in [3.8, 4) is 28.0 Å². The molecule has 0 N–H and O–H groups in total. The smallest absolute Gasteiger partial charge is 0.140 e. The van der Waals surface area contributed by atoms with E-state index in [0.717, 1.165) is 38.6 Å². The quantitative estimate of drug-likeness (QED) is 0.330. The molecule has 3 aromatic carbocycles. The van der Waals surface area contributed by atoms with Crippen molar-refractivity contribution in [3.05, 3.63) is 84.7 Å². The van der Waals surface area contributed by atoms with E-state index < -0.39 is 0 Å². The number of nitrogens with zero attached hydrogens (tertiary/aromatic N) is 3. The third kappa shape index (κ3) is 4.77. The molecule has 6 heteroatoms. The van der Waals surface area contributed by atoms with Gasteiger partial charge in [0.25, 0.3) is 0 Å². The molecule has 34 heavy (non-hydrogen) atoms. The van der Waals surface area contributed by atoms with Crippen molar-refractivity contribution in [2.75, 3.05) is 12.9 Å². The number of carbonyl (C=O) groups is 1. The van der Waals surface area contributed by atoms with Crippen molar-refractivity contribution < 1.29 is 9.53 Å². The van der Waals surface area contributed by atoms with Gasteiger partial charge in [0.2, 0.25) is 0 Å². The minimum atomic E-state index is 0.132. The standard InChI is InChI=1S/C28H23N3O2S/c1-18(32)17-34-28-14-27(30-31-28)24-11-22(21-8-7-19-5-3-4-6-20(19)9-21)10-23(12-24)25-13-26(33-2)16-29-15-25/h3-13,15-16H,14,17H2,1-2H3. The van der Waals surface area contributed by atoms with Crippen molar-refractivity contribution in [1.29, 1.82) is 0 Å². The molecule has 0 aliphatic carbocycles. The van der Waals surface area contributed by atoms with E-state index >= 15 is 0 Å². The van der Waals surface area contributed by atoms with E-state index in [2.05, 4.69) is 75.9 Å². The van der Waals surface area contributed by atoms with Crippen LogP contribution < -0.4 is 4.74 Å². The molecular formula is C28H23N3O2S. The van der Waals surface area contributed by atoms with Gasteiger partial charge in [-0.15, -0.1) is 16.9 Å². The fourth-order valence-electron chi connectivity index (χ4n) is 3.94. The van der Waals surface area contributed by atoms with Crippen LogP contribution >= 0.6 is 11.8 Å². The Kier molecular flexibility index (Phi) is 6.23. The van der Waals surface area contributed by atoms with Crippen molar-refractivity contribution in [1.82, 2.24) is 4.98 Å². The van der Waals surface area contributed by atoms with Crippen molar-refractivity contribution >= 4 is 39.1 Å². The van der Waals surface area contributed by atoms with Crippen LogP contribution in [0.4, 0.5) is 0 Å². The summed E-state index contributed by atoms with van der Waals surface area (Å²) in [7, 11) is 1.64. The Bertz CT molecular complexity index is 1460. The number of Topliss-reactive ketones (excluding diaryl/α,β-unsaturated/α-hetero) is 1. The number of hydrogen-bond donors (Lipinski definition) is 0. The molecule has 168 valence electrons. The van der Waals surface area contributed by atoms with E-state index in [1.165, 1.54) is 22.5 Å². The normalized spacial score (nSPS) is 13.0. The Hall–Kier alpha value is -3.77. The maximum Gasteiger partial charge on any atom is 0.140 e. The van der Waals surface area contributed by atoms with Crippen LogP contribution in [0.2, 0.25) is 0 Å². The molecule has 0 radical (unpaired) electrons. The Balaban J connectivity index is 1.56. The molecular weight excluding hydrogens is 442 g/mol. The largest absolute Gasteiger partial charge is 0.495 e. The molecule has 0 fully saturated rings. The number of pyridine rings is 1. The maximum absolute atomic E-state index is 11.4. The Morgan fingerprint density at radius 2 is 1.62 bits per heavy atom. The van der Waals surface area contributed by atoms with E-state index in [4.69, 9.17) is 4.74 Å². The number of fused-ring (bicyclic) bond motifs is 1. The number of rotatable bonds is 6. The summed E-state index contributed by atoms with van der Waals surface area (Å²) in [5, 5.41) is 12.0. The van der Waals surface area contributed by atoms with Crippen LogP contribution in [0, 0.1) is 0 Å². The highest BCUT2D eigenvalue weighted by molar-refractivity contribution is 8.14. The summed E-state index contributed by atoms with van der Waals surface area (Å²) in [4.78, 5) is 15.7. The van der Waals surface area contributed by atoms with Gasteiger partial charge in [0.15, 0.2) is 0 Å². The second-order valence-electron chi connectivity index (χ2n) is 8.18. The van der Waals surface area contributed by atoms with E-state index in [0.29, 0.717) is 17.9 Å². The molecule has 0 saturated carbocycles. The van der Waals surface area contributed by atoms with E-state index in [1.54, 1.807) is 20.2 Å². The highest BCUT2D eigenvalue weighted by atomic mass is 32.2. The Morgan fingerprint density at radius 3 is 2.41 bits per heavy atom. The lowest BCUT2D eigenvalue weighted by Crippen LogP contribution is -2.04. The summed E-state index contributed by atoms with van der Waals surface area (Å²) < 4.78 is 5.39. The molecule has 0 atom stereocenters. The third-order valence-electron chi connectivity index (χ3n) is 5.67. The maximum atomic E-state index is 11.4. The van der Waals surface area contributed by atoms with Crippen LogP contribution in [0.3, 0.4) is 0 Å². The minimum Gasteiger partial charge on any atom is -0.495 e. The summed E-state index contributed by atoms with van der Waals surface area (Å²) in [5.41, 5.74) is 6.11.